The summed E-state index contributed by atoms with van der Waals surface area (Å²) in [5.74, 6) is 5.57. The summed E-state index contributed by atoms with van der Waals surface area (Å²) in [4.78, 5) is 0. The normalized spacial score (nSPS) is 12.7. The van der Waals surface area contributed by atoms with Gasteiger partial charge in [0.15, 0.2) is 0 Å². The topological polar surface area (TPSA) is 47.3 Å². The van der Waals surface area contributed by atoms with Gasteiger partial charge in [0.1, 0.15) is 0 Å². The summed E-state index contributed by atoms with van der Waals surface area (Å²) in [6.07, 6.45) is 1.96. The van der Waals surface area contributed by atoms with Crippen LogP contribution in [-0.2, 0) is 11.2 Å². The van der Waals surface area contributed by atoms with Crippen molar-refractivity contribution in [1.82, 2.24) is 5.43 Å². The maximum Gasteiger partial charge on any atom is 0.0636 e. The molecule has 3 nitrogen and oxygen atoms in total. The molecule has 0 bridgehead atoms. The van der Waals surface area contributed by atoms with E-state index in [4.69, 9.17) is 10.6 Å². The first-order valence-corrected chi connectivity index (χ1v) is 6.28. The van der Waals surface area contributed by atoms with Gasteiger partial charge in [-0.25, -0.2) is 0 Å². The number of rotatable bonds is 7. The fourth-order valence-corrected chi connectivity index (χ4v) is 1.95. The van der Waals surface area contributed by atoms with Crippen molar-refractivity contribution in [3.8, 4) is 0 Å². The van der Waals surface area contributed by atoms with Gasteiger partial charge in [0, 0.05) is 12.6 Å². The van der Waals surface area contributed by atoms with E-state index in [-0.39, 0.29) is 6.04 Å². The average Bonchev–Trinajstić information content (AvgIpc) is 2.32. The summed E-state index contributed by atoms with van der Waals surface area (Å²) >= 11 is 0. The van der Waals surface area contributed by atoms with Gasteiger partial charge in [0.25, 0.3) is 0 Å². The van der Waals surface area contributed by atoms with Crippen LogP contribution in [0.5, 0.6) is 0 Å². The van der Waals surface area contributed by atoms with Crippen LogP contribution in [-0.4, -0.2) is 19.3 Å². The van der Waals surface area contributed by atoms with Crippen LogP contribution in [0, 0.1) is 13.8 Å². The number of nitrogens with one attached hydrogen (secondary N) is 1. The maximum absolute atomic E-state index is 5.57. The van der Waals surface area contributed by atoms with Gasteiger partial charge in [-0.15, -0.1) is 0 Å². The van der Waals surface area contributed by atoms with Gasteiger partial charge in [0.05, 0.1) is 6.61 Å². The number of hydrogen-bond donors (Lipinski definition) is 2. The zero-order valence-electron chi connectivity index (χ0n) is 11.1. The lowest BCUT2D eigenvalue weighted by atomic mass is 9.97. The average molecular weight is 236 g/mol. The lowest BCUT2D eigenvalue weighted by Gasteiger charge is -2.18. The van der Waals surface area contributed by atoms with Crippen LogP contribution < -0.4 is 11.3 Å². The Morgan fingerprint density at radius 2 is 1.94 bits per heavy atom. The molecule has 3 heteroatoms. The zero-order chi connectivity index (χ0) is 12.7. The Labute approximate surface area is 104 Å². The molecule has 0 spiro atoms. The predicted octanol–water partition coefficient (Wildman–Crippen LogP) is 2.10. The first kappa shape index (κ1) is 14.2. The van der Waals surface area contributed by atoms with Gasteiger partial charge in [-0.2, -0.15) is 0 Å². The smallest absolute Gasteiger partial charge is 0.0636 e. The number of hydrazine groups is 1. The third kappa shape index (κ3) is 4.46. The lowest BCUT2D eigenvalue weighted by molar-refractivity contribution is 0.112. The molecule has 0 heterocycles. The summed E-state index contributed by atoms with van der Waals surface area (Å²) in [5, 5.41) is 0. The predicted molar refractivity (Wildman–Crippen MR) is 71.8 cm³/mol. The Morgan fingerprint density at radius 1 is 1.29 bits per heavy atom. The van der Waals surface area contributed by atoms with Crippen molar-refractivity contribution in [3.63, 3.8) is 0 Å². The quantitative estimate of drug-likeness (QED) is 0.433. The fraction of sp³-hybridized carbons (Fsp3) is 0.571. The minimum Gasteiger partial charge on any atom is -0.380 e. The van der Waals surface area contributed by atoms with Gasteiger partial charge in [-0.05, 0) is 43.4 Å². The molecule has 0 fully saturated rings. The molecule has 1 atom stereocenters. The molecule has 0 aromatic heterocycles. The number of ether oxygens (including phenoxy) is 1. The Hall–Kier alpha value is -0.900. The van der Waals surface area contributed by atoms with Crippen molar-refractivity contribution in [2.24, 2.45) is 5.84 Å². The molecule has 0 aliphatic rings. The summed E-state index contributed by atoms with van der Waals surface area (Å²) in [6, 6.07) is 6.56. The molecule has 1 unspecified atom stereocenters. The summed E-state index contributed by atoms with van der Waals surface area (Å²) in [7, 11) is 0. The van der Waals surface area contributed by atoms with Crippen LogP contribution in [0.25, 0.3) is 0 Å². The second-order valence-corrected chi connectivity index (χ2v) is 4.51. The second kappa shape index (κ2) is 7.43. The van der Waals surface area contributed by atoms with Gasteiger partial charge >= 0.3 is 0 Å². The Bertz CT molecular complexity index is 319. The number of nitrogens with two attached hydrogens (primary N) is 1. The van der Waals surface area contributed by atoms with Crippen LogP contribution in [0.1, 0.15) is 30.0 Å². The molecule has 0 amide bonds. The second-order valence-electron chi connectivity index (χ2n) is 4.51. The third-order valence-corrected chi connectivity index (χ3v) is 3.00. The van der Waals surface area contributed by atoms with Crippen molar-refractivity contribution in [2.45, 2.75) is 39.7 Å². The van der Waals surface area contributed by atoms with Crippen LogP contribution in [0.15, 0.2) is 18.2 Å². The summed E-state index contributed by atoms with van der Waals surface area (Å²) in [6.45, 7) is 7.85. The summed E-state index contributed by atoms with van der Waals surface area (Å²) in [5.41, 5.74) is 6.85. The number of benzene rings is 1. The highest BCUT2D eigenvalue weighted by Crippen LogP contribution is 2.15. The van der Waals surface area contributed by atoms with E-state index in [0.29, 0.717) is 6.61 Å². The monoisotopic (exact) mass is 236 g/mol. The highest BCUT2D eigenvalue weighted by atomic mass is 16.5. The molecule has 1 aromatic carbocycles. The van der Waals surface area contributed by atoms with E-state index in [2.05, 4.69) is 44.4 Å². The van der Waals surface area contributed by atoms with Crippen molar-refractivity contribution < 1.29 is 4.74 Å². The highest BCUT2D eigenvalue weighted by molar-refractivity contribution is 5.34. The number of aryl methyl sites for hydroxylation is 2. The maximum atomic E-state index is 5.57. The molecule has 3 N–H and O–H groups in total. The third-order valence-electron chi connectivity index (χ3n) is 3.00. The van der Waals surface area contributed by atoms with Gasteiger partial charge in [0.2, 0.25) is 0 Å². The molecule has 0 saturated carbocycles. The van der Waals surface area contributed by atoms with Crippen LogP contribution in [0.2, 0.25) is 0 Å². The van der Waals surface area contributed by atoms with Crippen molar-refractivity contribution in [2.75, 3.05) is 13.2 Å². The highest BCUT2D eigenvalue weighted by Gasteiger charge is 2.11. The van der Waals surface area contributed by atoms with Crippen molar-refractivity contribution in [1.29, 1.82) is 0 Å². The lowest BCUT2D eigenvalue weighted by Crippen LogP contribution is -2.40. The molecule has 17 heavy (non-hydrogen) atoms. The van der Waals surface area contributed by atoms with Gasteiger partial charge in [-0.3, -0.25) is 11.3 Å². The van der Waals surface area contributed by atoms with Crippen molar-refractivity contribution in [3.05, 3.63) is 34.9 Å². The van der Waals surface area contributed by atoms with E-state index in [1.807, 2.05) is 0 Å². The van der Waals surface area contributed by atoms with Gasteiger partial charge < -0.3 is 4.74 Å². The Kier molecular flexibility index (Phi) is 6.19. The van der Waals surface area contributed by atoms with Gasteiger partial charge in [-0.1, -0.05) is 25.1 Å². The van der Waals surface area contributed by atoms with E-state index in [0.717, 1.165) is 19.4 Å². The zero-order valence-corrected chi connectivity index (χ0v) is 11.1. The van der Waals surface area contributed by atoms with Crippen LogP contribution >= 0.6 is 0 Å². The molecule has 1 rings (SSSR count). The largest absolute Gasteiger partial charge is 0.380 e. The van der Waals surface area contributed by atoms with E-state index in [9.17, 15) is 0 Å². The molecular formula is C14H24N2O. The van der Waals surface area contributed by atoms with Crippen LogP contribution in [0.4, 0.5) is 0 Å². The van der Waals surface area contributed by atoms with E-state index >= 15 is 0 Å². The standard InChI is InChI=1S/C14H24N2O/c1-4-8-17-10-13(16-15)9-14-11(2)6-5-7-12(14)3/h5-7,13,16H,4,8-10,15H2,1-3H3. The molecule has 0 aliphatic carbocycles. The first-order chi connectivity index (χ1) is 8.19. The Balaban J connectivity index is 2.60. The minimum atomic E-state index is 0.182. The first-order valence-electron chi connectivity index (χ1n) is 6.28. The van der Waals surface area contributed by atoms with E-state index < -0.39 is 0 Å². The SMILES string of the molecule is CCCOCC(Cc1c(C)cccc1C)NN. The summed E-state index contributed by atoms with van der Waals surface area (Å²) < 4.78 is 5.55. The molecule has 96 valence electrons. The van der Waals surface area contributed by atoms with Crippen LogP contribution in [0.3, 0.4) is 0 Å². The van der Waals surface area contributed by atoms with E-state index in [1.54, 1.807) is 0 Å². The Morgan fingerprint density at radius 3 is 2.47 bits per heavy atom. The fourth-order valence-electron chi connectivity index (χ4n) is 1.95. The minimum absolute atomic E-state index is 0.182. The molecule has 0 saturated heterocycles. The number of hydrogen-bond acceptors (Lipinski definition) is 3. The molecule has 0 aliphatic heterocycles. The molecule has 0 radical (unpaired) electrons. The molecular weight excluding hydrogens is 212 g/mol. The van der Waals surface area contributed by atoms with E-state index in [1.165, 1.54) is 16.7 Å². The van der Waals surface area contributed by atoms with Crippen molar-refractivity contribution >= 4 is 0 Å². The molecule has 1 aromatic rings.